The molecular weight excluding hydrogens is 368 g/mol. The Bertz CT molecular complexity index is 1060. The first kappa shape index (κ1) is 18.3. The van der Waals surface area contributed by atoms with E-state index < -0.39 is 6.04 Å². The van der Waals surface area contributed by atoms with Gasteiger partial charge in [0.15, 0.2) is 6.19 Å². The Hall–Kier alpha value is -4.02. The van der Waals surface area contributed by atoms with Crippen LogP contribution in [-0.4, -0.2) is 37.1 Å². The molecule has 29 heavy (non-hydrogen) atoms. The van der Waals surface area contributed by atoms with Crippen molar-refractivity contribution in [1.82, 2.24) is 15.6 Å². The van der Waals surface area contributed by atoms with Crippen molar-refractivity contribution in [3.63, 3.8) is 0 Å². The average Bonchev–Trinajstić information content (AvgIpc) is 2.74. The predicted octanol–water partition coefficient (Wildman–Crippen LogP) is 0.469. The van der Waals surface area contributed by atoms with Crippen LogP contribution in [0.5, 0.6) is 0 Å². The van der Waals surface area contributed by atoms with Gasteiger partial charge in [-0.15, -0.1) is 0 Å². The Morgan fingerprint density at radius 3 is 2.66 bits per heavy atom. The van der Waals surface area contributed by atoms with E-state index in [1.165, 1.54) is 0 Å². The first-order valence-electron chi connectivity index (χ1n) is 9.17. The van der Waals surface area contributed by atoms with Crippen molar-refractivity contribution in [2.24, 2.45) is 4.99 Å². The van der Waals surface area contributed by atoms with Crippen molar-refractivity contribution < 1.29 is 0 Å². The molecule has 0 spiro atoms. The van der Waals surface area contributed by atoms with Crippen molar-refractivity contribution >= 4 is 29.0 Å². The third-order valence-electron chi connectivity index (χ3n) is 5.05. The molecule has 0 aliphatic carbocycles. The summed E-state index contributed by atoms with van der Waals surface area (Å²) >= 11 is 0. The molecular formula is C19H20N10. The number of anilines is 4. The number of rotatable bonds is 2. The van der Waals surface area contributed by atoms with E-state index in [0.717, 1.165) is 37.4 Å². The van der Waals surface area contributed by atoms with Gasteiger partial charge in [0.25, 0.3) is 0 Å². The molecule has 0 radical (unpaired) electrons. The number of aliphatic imine (C=N–C) groups is 1. The summed E-state index contributed by atoms with van der Waals surface area (Å²) in [7, 11) is 0. The number of nitrogens with zero attached hydrogens (tertiary/aromatic N) is 5. The zero-order valence-corrected chi connectivity index (χ0v) is 15.6. The van der Waals surface area contributed by atoms with Gasteiger partial charge in [-0.3, -0.25) is 5.32 Å². The molecule has 2 aromatic rings. The molecule has 1 fully saturated rings. The van der Waals surface area contributed by atoms with Crippen molar-refractivity contribution in [2.45, 2.75) is 6.04 Å². The summed E-state index contributed by atoms with van der Waals surface area (Å²) in [6, 6.07) is 9.41. The number of nitrogen functional groups attached to an aromatic ring is 2. The van der Waals surface area contributed by atoms with Crippen LogP contribution in [0.25, 0.3) is 0 Å². The molecule has 1 aromatic heterocycles. The molecule has 0 amide bonds. The zero-order valence-electron chi connectivity index (χ0n) is 15.6. The number of hydrogen-bond acceptors (Lipinski definition) is 10. The molecule has 1 aromatic carbocycles. The average molecular weight is 388 g/mol. The van der Waals surface area contributed by atoms with Gasteiger partial charge in [0, 0.05) is 43.0 Å². The molecule has 10 heteroatoms. The lowest BCUT2D eigenvalue weighted by Crippen LogP contribution is -2.44. The lowest BCUT2D eigenvalue weighted by molar-refractivity contribution is 0.586. The summed E-state index contributed by atoms with van der Waals surface area (Å²) < 4.78 is 0. The first-order valence-corrected chi connectivity index (χ1v) is 9.17. The number of nitrogens with two attached hydrogens (primary N) is 2. The second-order valence-corrected chi connectivity index (χ2v) is 6.70. The number of guanidine groups is 1. The van der Waals surface area contributed by atoms with Gasteiger partial charge in [0.05, 0.1) is 5.69 Å². The lowest BCUT2D eigenvalue weighted by atomic mass is 9.93. The fourth-order valence-electron chi connectivity index (χ4n) is 3.72. The van der Waals surface area contributed by atoms with E-state index in [4.69, 9.17) is 16.7 Å². The van der Waals surface area contributed by atoms with Gasteiger partial charge < -0.3 is 27.0 Å². The summed E-state index contributed by atoms with van der Waals surface area (Å²) in [5, 5.41) is 27.4. The number of fused-ring (bicyclic) bond motifs is 1. The number of nitrogens with one attached hydrogen (secondary N) is 3. The molecule has 3 heterocycles. The van der Waals surface area contributed by atoms with Gasteiger partial charge in [0.2, 0.25) is 5.96 Å². The predicted molar refractivity (Wildman–Crippen MR) is 111 cm³/mol. The highest BCUT2D eigenvalue weighted by molar-refractivity contribution is 5.98. The Morgan fingerprint density at radius 2 is 1.93 bits per heavy atom. The third-order valence-corrected chi connectivity index (χ3v) is 5.05. The van der Waals surface area contributed by atoms with Crippen LogP contribution in [0.2, 0.25) is 0 Å². The Balaban J connectivity index is 1.90. The highest BCUT2D eigenvalue weighted by atomic mass is 15.2. The van der Waals surface area contributed by atoms with Gasteiger partial charge in [-0.2, -0.15) is 10.5 Å². The Morgan fingerprint density at radius 1 is 1.17 bits per heavy atom. The smallest absolute Gasteiger partial charge is 0.211 e. The van der Waals surface area contributed by atoms with Crippen LogP contribution in [0.1, 0.15) is 22.7 Å². The second kappa shape index (κ2) is 7.54. The van der Waals surface area contributed by atoms with E-state index in [1.54, 1.807) is 0 Å². The van der Waals surface area contributed by atoms with Crippen LogP contribution in [0.4, 0.5) is 23.0 Å². The van der Waals surface area contributed by atoms with Gasteiger partial charge in [0.1, 0.15) is 29.3 Å². The summed E-state index contributed by atoms with van der Waals surface area (Å²) in [4.78, 5) is 11.3. The highest BCUT2D eigenvalue weighted by Crippen LogP contribution is 2.43. The number of piperazine rings is 1. The lowest BCUT2D eigenvalue weighted by Gasteiger charge is -2.33. The maximum Gasteiger partial charge on any atom is 0.211 e. The van der Waals surface area contributed by atoms with Crippen molar-refractivity contribution in [3.05, 3.63) is 41.0 Å². The summed E-state index contributed by atoms with van der Waals surface area (Å²) in [6.45, 7) is 3.50. The number of aromatic nitrogens is 1. The van der Waals surface area contributed by atoms with Crippen molar-refractivity contribution in [3.8, 4) is 12.3 Å². The highest BCUT2D eigenvalue weighted by Gasteiger charge is 2.31. The monoisotopic (exact) mass is 388 g/mol. The molecule has 2 aliphatic rings. The largest absolute Gasteiger partial charge is 0.397 e. The molecule has 10 nitrogen and oxygen atoms in total. The topological polar surface area (TPSA) is 164 Å². The molecule has 7 N–H and O–H groups in total. The number of benzene rings is 1. The minimum atomic E-state index is -0.548. The minimum Gasteiger partial charge on any atom is -0.397 e. The summed E-state index contributed by atoms with van der Waals surface area (Å²) in [5.41, 5.74) is 15.1. The van der Waals surface area contributed by atoms with Gasteiger partial charge in [-0.25, -0.2) is 9.98 Å². The van der Waals surface area contributed by atoms with Crippen LogP contribution in [-0.2, 0) is 0 Å². The maximum absolute atomic E-state index is 9.48. The van der Waals surface area contributed by atoms with Crippen LogP contribution in [0.15, 0.2) is 29.3 Å². The fourth-order valence-corrected chi connectivity index (χ4v) is 3.72. The Labute approximate surface area is 167 Å². The van der Waals surface area contributed by atoms with Crippen molar-refractivity contribution in [1.29, 1.82) is 10.5 Å². The van der Waals surface area contributed by atoms with Crippen LogP contribution < -0.4 is 32.3 Å². The SMILES string of the molecule is N#CNC1=NC(c2ccccc2N2CCNCC2)c2c(nc(N)c(C#N)c2N)N1. The quantitative estimate of drug-likeness (QED) is 0.363. The number of para-hydroxylation sites is 1. The van der Waals surface area contributed by atoms with Crippen LogP contribution in [0.3, 0.4) is 0 Å². The van der Waals surface area contributed by atoms with Crippen LogP contribution >= 0.6 is 0 Å². The summed E-state index contributed by atoms with van der Waals surface area (Å²) in [5.74, 6) is 0.659. The van der Waals surface area contributed by atoms with Crippen molar-refractivity contribution in [2.75, 3.05) is 47.9 Å². The minimum absolute atomic E-state index is 0.0311. The van der Waals surface area contributed by atoms with E-state index in [9.17, 15) is 5.26 Å². The van der Waals surface area contributed by atoms with Gasteiger partial charge in [-0.1, -0.05) is 18.2 Å². The molecule has 0 bridgehead atoms. The van der Waals surface area contributed by atoms with E-state index >= 15 is 0 Å². The maximum atomic E-state index is 9.48. The van der Waals surface area contributed by atoms with E-state index in [2.05, 4.69) is 30.8 Å². The molecule has 146 valence electrons. The molecule has 2 aliphatic heterocycles. The van der Waals surface area contributed by atoms with Gasteiger partial charge in [-0.05, 0) is 6.07 Å². The molecule has 4 rings (SSSR count). The number of nitriles is 2. The molecule has 1 atom stereocenters. The van der Waals surface area contributed by atoms with Gasteiger partial charge >= 0.3 is 0 Å². The zero-order chi connectivity index (χ0) is 20.4. The Kier molecular flexibility index (Phi) is 4.77. The third kappa shape index (κ3) is 3.22. The normalized spacial score (nSPS) is 17.9. The second-order valence-electron chi connectivity index (χ2n) is 6.70. The van der Waals surface area contributed by atoms with E-state index in [-0.39, 0.29) is 23.0 Å². The fraction of sp³-hybridized carbons (Fsp3) is 0.263. The molecule has 0 saturated carbocycles. The van der Waals surface area contributed by atoms with E-state index in [1.807, 2.05) is 36.5 Å². The first-order chi connectivity index (χ1) is 14.1. The molecule has 1 saturated heterocycles. The van der Waals surface area contributed by atoms with Crippen LogP contribution in [0, 0.1) is 22.8 Å². The van der Waals surface area contributed by atoms with E-state index in [0.29, 0.717) is 11.4 Å². The standard InChI is InChI=1S/C19H20N10/c20-9-12-15(22)14-16(26-19(25-10-21)28-18(14)27-17(12)23)11-3-1-2-4-13(11)29-7-5-24-6-8-29/h1-4,16,24H,5-8H2,(H6,22,23,25,26,27,28). The number of hydrogen-bond donors (Lipinski definition) is 5. The number of pyridine rings is 1. The molecule has 1 unspecified atom stereocenters. The summed E-state index contributed by atoms with van der Waals surface area (Å²) in [6.07, 6.45) is 1.87.